The van der Waals surface area contributed by atoms with Crippen molar-refractivity contribution in [3.05, 3.63) is 51.5 Å². The van der Waals surface area contributed by atoms with E-state index in [1.165, 1.54) is 10.4 Å². The van der Waals surface area contributed by atoms with Gasteiger partial charge in [0.2, 0.25) is 0 Å². The Morgan fingerprint density at radius 2 is 1.89 bits per heavy atom. The van der Waals surface area contributed by atoms with Gasteiger partial charge in [-0.25, -0.2) is 4.98 Å². The van der Waals surface area contributed by atoms with Crippen molar-refractivity contribution in [1.82, 2.24) is 20.5 Å². The maximum Gasteiger partial charge on any atom is 0.190 e. The lowest BCUT2D eigenvalue weighted by Crippen LogP contribution is -2.40. The summed E-state index contributed by atoms with van der Waals surface area (Å²) in [5.41, 5.74) is 2.50. The third-order valence-corrected chi connectivity index (χ3v) is 5.88. The molecular weight excluding hydrogens is 354 g/mol. The summed E-state index contributed by atoms with van der Waals surface area (Å²) in [6.07, 6.45) is 2.05. The van der Waals surface area contributed by atoms with Gasteiger partial charge in [0.25, 0.3) is 0 Å². The molecule has 0 radical (unpaired) electrons. The first-order valence-electron chi connectivity index (χ1n) is 9.61. The number of aliphatic imine (C=N–C) groups is 1. The summed E-state index contributed by atoms with van der Waals surface area (Å²) in [6.45, 7) is 9.16. The van der Waals surface area contributed by atoms with E-state index in [-0.39, 0.29) is 0 Å². The summed E-state index contributed by atoms with van der Waals surface area (Å²) >= 11 is 1.78. The molecule has 2 N–H and O–H groups in total. The van der Waals surface area contributed by atoms with Crippen molar-refractivity contribution in [1.29, 1.82) is 0 Å². The number of nitrogens with zero attached hydrogens (tertiary/aromatic N) is 3. The highest BCUT2D eigenvalue weighted by Crippen LogP contribution is 2.17. The van der Waals surface area contributed by atoms with Crippen LogP contribution in [0, 0.1) is 13.8 Å². The van der Waals surface area contributed by atoms with Crippen LogP contribution in [-0.2, 0) is 13.0 Å². The molecule has 6 heteroatoms. The molecule has 1 atom stereocenters. The molecule has 0 aliphatic heterocycles. The van der Waals surface area contributed by atoms with Crippen LogP contribution in [-0.4, -0.2) is 49.1 Å². The predicted molar refractivity (Wildman–Crippen MR) is 117 cm³/mol. The number of nitrogens with one attached hydrogen (secondary N) is 2. The molecule has 27 heavy (non-hydrogen) atoms. The predicted octanol–water partition coefficient (Wildman–Crippen LogP) is 3.38. The molecule has 148 valence electrons. The third-order valence-electron chi connectivity index (χ3n) is 4.75. The van der Waals surface area contributed by atoms with Crippen molar-refractivity contribution in [3.63, 3.8) is 0 Å². The van der Waals surface area contributed by atoms with Crippen LogP contribution in [0.15, 0.2) is 35.3 Å². The highest BCUT2D eigenvalue weighted by atomic mass is 32.1. The van der Waals surface area contributed by atoms with E-state index in [1.807, 2.05) is 7.05 Å². The summed E-state index contributed by atoms with van der Waals surface area (Å²) in [5, 5.41) is 7.96. The lowest BCUT2D eigenvalue weighted by atomic mass is 10.1. The van der Waals surface area contributed by atoms with Gasteiger partial charge in [0, 0.05) is 44.0 Å². The highest BCUT2D eigenvalue weighted by Gasteiger charge is 2.10. The van der Waals surface area contributed by atoms with Crippen LogP contribution in [0.3, 0.4) is 0 Å². The van der Waals surface area contributed by atoms with Crippen LogP contribution >= 0.6 is 11.3 Å². The molecule has 0 fully saturated rings. The Hall–Kier alpha value is -1.92. The molecule has 5 nitrogen and oxygen atoms in total. The van der Waals surface area contributed by atoms with Crippen molar-refractivity contribution >= 4 is 17.3 Å². The molecule has 0 spiro atoms. The lowest BCUT2D eigenvalue weighted by Gasteiger charge is -2.25. The highest BCUT2D eigenvalue weighted by molar-refractivity contribution is 7.11. The average Bonchev–Trinajstić information content (AvgIpc) is 2.98. The SMILES string of the molecule is CN=C(NCCc1sc(C)nc1C)NCCC(C)N(C)Cc1ccccc1. The number of hydrogen-bond acceptors (Lipinski definition) is 4. The molecule has 1 unspecified atom stereocenters. The molecular formula is C21H33N5S. The van der Waals surface area contributed by atoms with Crippen LogP contribution in [0.5, 0.6) is 0 Å². The first-order chi connectivity index (χ1) is 13.0. The van der Waals surface area contributed by atoms with Gasteiger partial charge in [0.15, 0.2) is 5.96 Å². The largest absolute Gasteiger partial charge is 0.356 e. The first kappa shape index (κ1) is 21.4. The van der Waals surface area contributed by atoms with Gasteiger partial charge in [-0.1, -0.05) is 30.3 Å². The molecule has 1 heterocycles. The van der Waals surface area contributed by atoms with E-state index in [9.17, 15) is 0 Å². The van der Waals surface area contributed by atoms with Crippen molar-refractivity contribution in [3.8, 4) is 0 Å². The van der Waals surface area contributed by atoms with Crippen molar-refractivity contribution in [2.45, 2.75) is 46.2 Å². The molecule has 0 aliphatic carbocycles. The lowest BCUT2D eigenvalue weighted by molar-refractivity contribution is 0.238. The number of aromatic nitrogens is 1. The van der Waals surface area contributed by atoms with Gasteiger partial charge in [-0.3, -0.25) is 9.89 Å². The monoisotopic (exact) mass is 387 g/mol. The van der Waals surface area contributed by atoms with E-state index in [0.29, 0.717) is 6.04 Å². The maximum atomic E-state index is 4.48. The second-order valence-corrected chi connectivity index (χ2v) is 8.24. The van der Waals surface area contributed by atoms with Gasteiger partial charge in [-0.05, 0) is 39.8 Å². The minimum Gasteiger partial charge on any atom is -0.356 e. The van der Waals surface area contributed by atoms with Gasteiger partial charge in [0.1, 0.15) is 0 Å². The Labute approximate surface area is 167 Å². The fourth-order valence-electron chi connectivity index (χ4n) is 2.97. The second kappa shape index (κ2) is 11.0. The van der Waals surface area contributed by atoms with Crippen LogP contribution < -0.4 is 10.6 Å². The van der Waals surface area contributed by atoms with E-state index in [2.05, 4.69) is 83.7 Å². The van der Waals surface area contributed by atoms with E-state index in [0.717, 1.165) is 49.1 Å². The normalized spacial score (nSPS) is 13.0. The summed E-state index contributed by atoms with van der Waals surface area (Å²) < 4.78 is 0. The quantitative estimate of drug-likeness (QED) is 0.512. The van der Waals surface area contributed by atoms with Gasteiger partial charge in [-0.15, -0.1) is 11.3 Å². The molecule has 2 aromatic rings. The summed E-state index contributed by atoms with van der Waals surface area (Å²) in [5.74, 6) is 0.867. The average molecular weight is 388 g/mol. The number of thiazole rings is 1. The second-order valence-electron chi connectivity index (χ2n) is 6.96. The summed E-state index contributed by atoms with van der Waals surface area (Å²) in [4.78, 5) is 12.6. The van der Waals surface area contributed by atoms with E-state index in [1.54, 1.807) is 11.3 Å². The number of rotatable bonds is 9. The van der Waals surface area contributed by atoms with E-state index in [4.69, 9.17) is 0 Å². The maximum absolute atomic E-state index is 4.48. The standard InChI is InChI=1S/C21H33N5S/c1-16(26(5)15-19-9-7-6-8-10-19)11-13-23-21(22-4)24-14-12-20-17(2)25-18(3)27-20/h6-10,16H,11-15H2,1-5H3,(H2,22,23,24). The Balaban J connectivity index is 1.67. The van der Waals surface area contributed by atoms with Crippen molar-refractivity contribution in [2.24, 2.45) is 4.99 Å². The van der Waals surface area contributed by atoms with Crippen LogP contribution in [0.2, 0.25) is 0 Å². The zero-order chi connectivity index (χ0) is 19.6. The smallest absolute Gasteiger partial charge is 0.190 e. The zero-order valence-electron chi connectivity index (χ0n) is 17.2. The molecule has 0 saturated carbocycles. The molecule has 0 amide bonds. The Morgan fingerprint density at radius 3 is 2.52 bits per heavy atom. The van der Waals surface area contributed by atoms with Gasteiger partial charge >= 0.3 is 0 Å². The van der Waals surface area contributed by atoms with Gasteiger partial charge in [0.05, 0.1) is 10.7 Å². The van der Waals surface area contributed by atoms with Crippen molar-refractivity contribution in [2.75, 3.05) is 27.2 Å². The number of benzene rings is 1. The first-order valence-corrected chi connectivity index (χ1v) is 10.4. The minimum atomic E-state index is 0.499. The molecule has 0 bridgehead atoms. The molecule has 1 aromatic heterocycles. The topological polar surface area (TPSA) is 52.6 Å². The third kappa shape index (κ3) is 7.31. The van der Waals surface area contributed by atoms with Gasteiger partial charge < -0.3 is 10.6 Å². The minimum absolute atomic E-state index is 0.499. The Bertz CT molecular complexity index is 711. The van der Waals surface area contributed by atoms with E-state index >= 15 is 0 Å². The number of guanidine groups is 1. The molecule has 0 aliphatic rings. The zero-order valence-corrected chi connectivity index (χ0v) is 18.1. The van der Waals surface area contributed by atoms with Crippen LogP contribution in [0.25, 0.3) is 0 Å². The summed E-state index contributed by atoms with van der Waals surface area (Å²) in [7, 11) is 4.01. The van der Waals surface area contributed by atoms with Crippen LogP contribution in [0.1, 0.15) is 34.5 Å². The van der Waals surface area contributed by atoms with E-state index < -0.39 is 0 Å². The number of hydrogen-bond donors (Lipinski definition) is 2. The van der Waals surface area contributed by atoms with Crippen LogP contribution in [0.4, 0.5) is 0 Å². The molecule has 2 rings (SSSR count). The summed E-state index contributed by atoms with van der Waals surface area (Å²) in [6, 6.07) is 11.1. The van der Waals surface area contributed by atoms with Gasteiger partial charge in [-0.2, -0.15) is 0 Å². The molecule has 1 aromatic carbocycles. The Morgan fingerprint density at radius 1 is 1.19 bits per heavy atom. The number of aryl methyl sites for hydroxylation is 2. The Kier molecular flexibility index (Phi) is 8.75. The molecule has 0 saturated heterocycles. The fourth-order valence-corrected chi connectivity index (χ4v) is 3.90. The fraction of sp³-hybridized carbons (Fsp3) is 0.524. The van der Waals surface area contributed by atoms with Crippen molar-refractivity contribution < 1.29 is 0 Å².